The second-order valence-corrected chi connectivity index (χ2v) is 5.59. The van der Waals surface area contributed by atoms with Crippen LogP contribution < -0.4 is 0 Å². The molecular formula is C10H14F2O2S. The summed E-state index contributed by atoms with van der Waals surface area (Å²) in [4.78, 5) is -0.109. The predicted molar refractivity (Wildman–Crippen MR) is 57.6 cm³/mol. The van der Waals surface area contributed by atoms with Crippen molar-refractivity contribution < 1.29 is 17.9 Å². The van der Waals surface area contributed by atoms with Gasteiger partial charge >= 0.3 is 5.76 Å². The van der Waals surface area contributed by atoms with Gasteiger partial charge in [0.1, 0.15) is 0 Å². The van der Waals surface area contributed by atoms with Crippen LogP contribution in [0.5, 0.6) is 0 Å². The zero-order valence-corrected chi connectivity index (χ0v) is 9.34. The van der Waals surface area contributed by atoms with Crippen molar-refractivity contribution in [1.29, 1.82) is 0 Å². The lowest BCUT2D eigenvalue weighted by Gasteiger charge is -2.31. The van der Waals surface area contributed by atoms with Gasteiger partial charge in [0.05, 0.1) is 4.90 Å². The largest absolute Gasteiger partial charge is 0.331 e. The van der Waals surface area contributed by atoms with Crippen LogP contribution in [0.2, 0.25) is 0 Å². The number of benzene rings is 1. The molecule has 2 nitrogen and oxygen atoms in total. The molecule has 2 N–H and O–H groups in total. The van der Waals surface area contributed by atoms with Gasteiger partial charge in [-0.25, -0.2) is 0 Å². The lowest BCUT2D eigenvalue weighted by molar-refractivity contribution is 0.215. The Hall–Kier alpha value is -0.650. The van der Waals surface area contributed by atoms with Crippen molar-refractivity contribution in [3.05, 3.63) is 29.8 Å². The smallest absolute Gasteiger partial charge is 0.290 e. The molecule has 0 amide bonds. The summed E-state index contributed by atoms with van der Waals surface area (Å²) in [5.74, 6) is -2.85. The minimum Gasteiger partial charge on any atom is -0.290 e. The van der Waals surface area contributed by atoms with Crippen molar-refractivity contribution in [3.8, 4) is 0 Å². The first-order valence-electron chi connectivity index (χ1n) is 4.51. The lowest BCUT2D eigenvalue weighted by atomic mass is 10.0. The van der Waals surface area contributed by atoms with Gasteiger partial charge in [-0.1, -0.05) is 26.0 Å². The highest BCUT2D eigenvalue weighted by Gasteiger charge is 2.26. The van der Waals surface area contributed by atoms with E-state index in [0.717, 1.165) is 5.56 Å². The molecule has 0 unspecified atom stereocenters. The molecule has 86 valence electrons. The summed E-state index contributed by atoms with van der Waals surface area (Å²) in [5, 5.41) is 0. The number of hydrogen-bond acceptors (Lipinski definition) is 2. The molecule has 0 aliphatic heterocycles. The molecule has 15 heavy (non-hydrogen) atoms. The van der Waals surface area contributed by atoms with E-state index in [4.69, 9.17) is 0 Å². The maximum atomic E-state index is 12.3. The summed E-state index contributed by atoms with van der Waals surface area (Å²) in [6, 6.07) is 5.96. The zero-order valence-electron chi connectivity index (χ0n) is 8.52. The summed E-state index contributed by atoms with van der Waals surface area (Å²) in [7, 11) is -3.95. The fourth-order valence-electron chi connectivity index (χ4n) is 1.16. The van der Waals surface area contributed by atoms with Crippen LogP contribution in [-0.2, 0) is 0 Å². The average Bonchev–Trinajstić information content (AvgIpc) is 2.17. The van der Waals surface area contributed by atoms with Crippen molar-refractivity contribution in [2.75, 3.05) is 0 Å². The second-order valence-electron chi connectivity index (χ2n) is 3.58. The van der Waals surface area contributed by atoms with Crippen LogP contribution in [0, 0.1) is 0 Å². The minimum atomic E-state index is -3.95. The van der Waals surface area contributed by atoms with Gasteiger partial charge in [0.2, 0.25) is 0 Å². The molecule has 0 bridgehead atoms. The van der Waals surface area contributed by atoms with E-state index in [0.29, 0.717) is 0 Å². The number of halogens is 2. The molecule has 0 aliphatic rings. The van der Waals surface area contributed by atoms with E-state index in [2.05, 4.69) is 0 Å². The Labute approximate surface area is 89.3 Å². The molecule has 1 aromatic rings. The van der Waals surface area contributed by atoms with Gasteiger partial charge < -0.3 is 0 Å². The third kappa shape index (κ3) is 2.68. The summed E-state index contributed by atoms with van der Waals surface area (Å²) in [6.45, 7) is 3.94. The Kier molecular flexibility index (Phi) is 3.70. The monoisotopic (exact) mass is 236 g/mol. The Morgan fingerprint density at radius 2 is 1.53 bits per heavy atom. The molecule has 0 aromatic heterocycles. The first-order valence-corrected chi connectivity index (χ1v) is 6.12. The SMILES string of the molecule is CC(C)c1ccc(S(O)(O)C(F)F)cc1. The van der Waals surface area contributed by atoms with Crippen LogP contribution in [0.1, 0.15) is 25.3 Å². The molecule has 0 saturated heterocycles. The van der Waals surface area contributed by atoms with Gasteiger partial charge in [-0.3, -0.25) is 9.11 Å². The molecule has 0 atom stereocenters. The minimum absolute atomic E-state index is 0.109. The lowest BCUT2D eigenvalue weighted by Crippen LogP contribution is -2.07. The standard InChI is InChI=1S/C10H14F2O2S/c1-7(2)8-3-5-9(6-4-8)15(13,14)10(11)12/h3-7,10,13-14H,1-2H3. The number of hydrogen-bond donors (Lipinski definition) is 2. The Morgan fingerprint density at radius 3 is 1.87 bits per heavy atom. The zero-order chi connectivity index (χ0) is 11.6. The molecule has 0 fully saturated rings. The fourth-order valence-corrected chi connectivity index (χ4v) is 1.90. The van der Waals surface area contributed by atoms with Crippen LogP contribution in [0.3, 0.4) is 0 Å². The van der Waals surface area contributed by atoms with Gasteiger partial charge in [0, 0.05) is 0 Å². The Morgan fingerprint density at radius 1 is 1.07 bits per heavy atom. The maximum Gasteiger partial charge on any atom is 0.331 e. The highest BCUT2D eigenvalue weighted by Crippen LogP contribution is 2.53. The molecule has 1 aromatic carbocycles. The summed E-state index contributed by atoms with van der Waals surface area (Å²) in [6.07, 6.45) is 0. The van der Waals surface area contributed by atoms with Crippen molar-refractivity contribution in [2.45, 2.75) is 30.4 Å². The molecule has 1 rings (SSSR count). The average molecular weight is 236 g/mol. The van der Waals surface area contributed by atoms with E-state index in [-0.39, 0.29) is 10.8 Å². The molecule has 0 heterocycles. The van der Waals surface area contributed by atoms with Crippen LogP contribution in [-0.4, -0.2) is 14.9 Å². The first kappa shape index (κ1) is 12.4. The van der Waals surface area contributed by atoms with Gasteiger partial charge in [-0.15, -0.1) is 10.6 Å². The summed E-state index contributed by atoms with van der Waals surface area (Å²) >= 11 is 0. The van der Waals surface area contributed by atoms with Crippen LogP contribution in [0.25, 0.3) is 0 Å². The Bertz CT molecular complexity index is 323. The normalized spacial score (nSPS) is 13.6. The van der Waals surface area contributed by atoms with E-state index < -0.39 is 16.3 Å². The third-order valence-electron chi connectivity index (χ3n) is 2.14. The van der Waals surface area contributed by atoms with E-state index in [1.165, 1.54) is 12.1 Å². The highest BCUT2D eigenvalue weighted by molar-refractivity contribution is 8.24. The van der Waals surface area contributed by atoms with Gasteiger partial charge in [0.15, 0.2) is 0 Å². The first-order chi connectivity index (χ1) is 6.85. The third-order valence-corrected chi connectivity index (χ3v) is 3.60. The van der Waals surface area contributed by atoms with E-state index >= 15 is 0 Å². The van der Waals surface area contributed by atoms with Crippen molar-refractivity contribution in [3.63, 3.8) is 0 Å². The molecule has 0 spiro atoms. The topological polar surface area (TPSA) is 40.5 Å². The van der Waals surface area contributed by atoms with E-state index in [1.54, 1.807) is 12.1 Å². The second kappa shape index (κ2) is 4.47. The van der Waals surface area contributed by atoms with E-state index in [1.807, 2.05) is 13.8 Å². The summed E-state index contributed by atoms with van der Waals surface area (Å²) < 4.78 is 43.0. The van der Waals surface area contributed by atoms with Crippen molar-refractivity contribution in [2.24, 2.45) is 0 Å². The van der Waals surface area contributed by atoms with Crippen LogP contribution in [0.15, 0.2) is 29.2 Å². The Balaban J connectivity index is 2.98. The molecular weight excluding hydrogens is 222 g/mol. The molecule has 0 saturated carbocycles. The van der Waals surface area contributed by atoms with Crippen LogP contribution >= 0.6 is 10.6 Å². The predicted octanol–water partition coefficient (Wildman–Crippen LogP) is 4.14. The van der Waals surface area contributed by atoms with Crippen molar-refractivity contribution in [1.82, 2.24) is 0 Å². The fraction of sp³-hybridized carbons (Fsp3) is 0.400. The van der Waals surface area contributed by atoms with Gasteiger partial charge in [-0.2, -0.15) is 8.78 Å². The van der Waals surface area contributed by atoms with Crippen LogP contribution in [0.4, 0.5) is 8.78 Å². The number of alkyl halides is 2. The summed E-state index contributed by atoms with van der Waals surface area (Å²) in [5.41, 5.74) is 0.975. The van der Waals surface area contributed by atoms with Crippen molar-refractivity contribution >= 4 is 10.6 Å². The van der Waals surface area contributed by atoms with Gasteiger partial charge in [-0.05, 0) is 23.6 Å². The maximum absolute atomic E-state index is 12.3. The molecule has 5 heteroatoms. The van der Waals surface area contributed by atoms with E-state index in [9.17, 15) is 17.9 Å². The quantitative estimate of drug-likeness (QED) is 0.827. The number of rotatable bonds is 3. The molecule has 0 radical (unpaired) electrons. The molecule has 0 aliphatic carbocycles. The highest BCUT2D eigenvalue weighted by atomic mass is 32.3. The van der Waals surface area contributed by atoms with Gasteiger partial charge in [0.25, 0.3) is 0 Å².